The van der Waals surface area contributed by atoms with Crippen molar-refractivity contribution in [3.63, 3.8) is 0 Å². The number of carbonyl (C=O) groups excluding carboxylic acids is 1. The van der Waals surface area contributed by atoms with Crippen molar-refractivity contribution < 1.29 is 9.53 Å². The van der Waals surface area contributed by atoms with Crippen LogP contribution >= 0.6 is 23.1 Å². The number of hydrogen-bond acceptors (Lipinski definition) is 6. The number of carbonyl (C=O) groups is 1. The summed E-state index contributed by atoms with van der Waals surface area (Å²) in [5.41, 5.74) is 1.33. The molecule has 0 spiro atoms. The van der Waals surface area contributed by atoms with Crippen LogP contribution in [0.5, 0.6) is 0 Å². The van der Waals surface area contributed by atoms with E-state index in [0.717, 1.165) is 41.1 Å². The van der Waals surface area contributed by atoms with Gasteiger partial charge >= 0.3 is 5.97 Å². The minimum absolute atomic E-state index is 0.0932. The third-order valence-corrected chi connectivity index (χ3v) is 6.90. The fourth-order valence-corrected chi connectivity index (χ4v) is 5.49. The molecule has 0 radical (unpaired) electrons. The highest BCUT2D eigenvalue weighted by molar-refractivity contribution is 7.99. The van der Waals surface area contributed by atoms with Crippen LogP contribution in [-0.2, 0) is 28.9 Å². The van der Waals surface area contributed by atoms with Gasteiger partial charge in [-0.1, -0.05) is 25.6 Å². The van der Waals surface area contributed by atoms with Gasteiger partial charge in [-0.3, -0.25) is 14.2 Å². The maximum Gasteiger partial charge on any atom is 0.306 e. The number of hydrogen-bond donors (Lipinski definition) is 0. The molecule has 0 atom stereocenters. The van der Waals surface area contributed by atoms with Crippen LogP contribution in [0.25, 0.3) is 10.2 Å². The van der Waals surface area contributed by atoms with Gasteiger partial charge in [0.2, 0.25) is 0 Å². The Balaban J connectivity index is 1.99. The highest BCUT2D eigenvalue weighted by Crippen LogP contribution is 2.34. The molecule has 0 aromatic carbocycles. The Bertz CT molecular complexity index is 855. The number of thiophene rings is 1. The van der Waals surface area contributed by atoms with E-state index >= 15 is 0 Å². The topological polar surface area (TPSA) is 61.2 Å². The molecule has 5 nitrogen and oxygen atoms in total. The van der Waals surface area contributed by atoms with Gasteiger partial charge in [0, 0.05) is 17.2 Å². The van der Waals surface area contributed by atoms with Gasteiger partial charge in [0.05, 0.1) is 18.9 Å². The largest absolute Gasteiger partial charge is 0.469 e. The van der Waals surface area contributed by atoms with E-state index in [0.29, 0.717) is 24.6 Å². The lowest BCUT2D eigenvalue weighted by Crippen LogP contribution is -2.24. The van der Waals surface area contributed by atoms with Crippen molar-refractivity contribution >= 4 is 39.3 Å². The number of fused-ring (bicyclic) bond motifs is 3. The van der Waals surface area contributed by atoms with Crippen LogP contribution in [0.15, 0.2) is 9.95 Å². The molecule has 142 valence electrons. The van der Waals surface area contributed by atoms with Crippen molar-refractivity contribution in [1.29, 1.82) is 0 Å². The monoisotopic (exact) mass is 394 g/mol. The standard InChI is InChI=1S/C19H26N2O3S2/c1-12(2)8-10-21-18(23)16-13-6-4-5-7-14(13)26-17(16)20-19(21)25-11-9-15(22)24-3/h12H,4-11H2,1-3H3. The summed E-state index contributed by atoms with van der Waals surface area (Å²) in [5.74, 6) is 0.848. The van der Waals surface area contributed by atoms with E-state index in [9.17, 15) is 9.59 Å². The smallest absolute Gasteiger partial charge is 0.306 e. The van der Waals surface area contributed by atoms with E-state index in [1.807, 2.05) is 4.57 Å². The first-order chi connectivity index (χ1) is 12.5. The van der Waals surface area contributed by atoms with Gasteiger partial charge in [-0.2, -0.15) is 0 Å². The number of thioether (sulfide) groups is 1. The van der Waals surface area contributed by atoms with Gasteiger partial charge in [-0.15, -0.1) is 11.3 Å². The second-order valence-electron chi connectivity index (χ2n) is 7.10. The number of aromatic nitrogens is 2. The van der Waals surface area contributed by atoms with Crippen molar-refractivity contribution in [2.75, 3.05) is 12.9 Å². The third kappa shape index (κ3) is 4.14. The Morgan fingerprint density at radius 2 is 2.12 bits per heavy atom. The van der Waals surface area contributed by atoms with Gasteiger partial charge in [-0.05, 0) is 43.6 Å². The lowest BCUT2D eigenvalue weighted by Gasteiger charge is -2.14. The number of ether oxygens (including phenoxy) is 1. The average Bonchev–Trinajstić information content (AvgIpc) is 2.99. The number of aryl methyl sites for hydroxylation is 2. The summed E-state index contributed by atoms with van der Waals surface area (Å²) in [5, 5.41) is 1.57. The Morgan fingerprint density at radius 1 is 1.35 bits per heavy atom. The summed E-state index contributed by atoms with van der Waals surface area (Å²) in [4.78, 5) is 31.7. The molecule has 2 aromatic rings. The third-order valence-electron chi connectivity index (χ3n) is 4.73. The second kappa shape index (κ2) is 8.57. The van der Waals surface area contributed by atoms with Gasteiger partial charge in [0.25, 0.3) is 5.56 Å². The molecule has 0 bridgehead atoms. The highest BCUT2D eigenvalue weighted by atomic mass is 32.2. The molecule has 2 heterocycles. The summed E-state index contributed by atoms with van der Waals surface area (Å²) in [7, 11) is 1.39. The zero-order valence-electron chi connectivity index (χ0n) is 15.7. The maximum absolute atomic E-state index is 13.3. The van der Waals surface area contributed by atoms with Crippen molar-refractivity contribution in [2.24, 2.45) is 5.92 Å². The van der Waals surface area contributed by atoms with Crippen molar-refractivity contribution in [2.45, 2.75) is 64.1 Å². The summed E-state index contributed by atoms with van der Waals surface area (Å²) < 4.78 is 6.53. The highest BCUT2D eigenvalue weighted by Gasteiger charge is 2.22. The average molecular weight is 395 g/mol. The van der Waals surface area contributed by atoms with Crippen molar-refractivity contribution in [3.05, 3.63) is 20.8 Å². The van der Waals surface area contributed by atoms with Gasteiger partial charge in [0.15, 0.2) is 5.16 Å². The minimum Gasteiger partial charge on any atom is -0.469 e. The minimum atomic E-state index is -0.235. The molecule has 0 saturated heterocycles. The lowest BCUT2D eigenvalue weighted by atomic mass is 9.97. The van der Waals surface area contributed by atoms with Gasteiger partial charge < -0.3 is 4.74 Å². The fraction of sp³-hybridized carbons (Fsp3) is 0.632. The lowest BCUT2D eigenvalue weighted by molar-refractivity contribution is -0.140. The number of methoxy groups -OCH3 is 1. The molecule has 0 amide bonds. The van der Waals surface area contributed by atoms with Gasteiger partial charge in [0.1, 0.15) is 4.83 Å². The van der Waals surface area contributed by atoms with Crippen LogP contribution in [0.1, 0.15) is 50.0 Å². The van der Waals surface area contributed by atoms with Crippen LogP contribution in [0.2, 0.25) is 0 Å². The Hall–Kier alpha value is -1.34. The second-order valence-corrected chi connectivity index (χ2v) is 9.25. The van der Waals surface area contributed by atoms with E-state index in [1.165, 1.54) is 35.7 Å². The van der Waals surface area contributed by atoms with E-state index in [-0.39, 0.29) is 11.5 Å². The SMILES string of the molecule is COC(=O)CCSc1nc2sc3c(c2c(=O)n1CCC(C)C)CCCC3. The zero-order valence-corrected chi connectivity index (χ0v) is 17.3. The summed E-state index contributed by atoms with van der Waals surface area (Å²) in [6.45, 7) is 4.99. The van der Waals surface area contributed by atoms with E-state index in [4.69, 9.17) is 9.72 Å². The summed E-state index contributed by atoms with van der Waals surface area (Å²) in [6, 6.07) is 0. The number of rotatable bonds is 7. The van der Waals surface area contributed by atoms with Crippen LogP contribution in [0.3, 0.4) is 0 Å². The van der Waals surface area contributed by atoms with Crippen LogP contribution in [-0.4, -0.2) is 28.4 Å². The Labute approximate surface area is 162 Å². The molecule has 0 unspecified atom stereocenters. The molecule has 1 aliphatic rings. The summed E-state index contributed by atoms with van der Waals surface area (Å²) >= 11 is 3.15. The molecule has 3 rings (SSSR count). The van der Waals surface area contributed by atoms with E-state index in [1.54, 1.807) is 11.3 Å². The Kier molecular flexibility index (Phi) is 6.40. The molecule has 1 aliphatic carbocycles. The molecular weight excluding hydrogens is 368 g/mol. The molecule has 0 N–H and O–H groups in total. The Morgan fingerprint density at radius 3 is 2.85 bits per heavy atom. The van der Waals surface area contributed by atoms with Crippen LogP contribution in [0, 0.1) is 5.92 Å². The van der Waals surface area contributed by atoms with E-state index < -0.39 is 0 Å². The first-order valence-corrected chi connectivity index (χ1v) is 11.1. The predicted octanol–water partition coefficient (Wildman–Crippen LogP) is 4.04. The predicted molar refractivity (Wildman–Crippen MR) is 107 cm³/mol. The normalized spacial score (nSPS) is 14.0. The van der Waals surface area contributed by atoms with Crippen molar-refractivity contribution in [1.82, 2.24) is 9.55 Å². The van der Waals surface area contributed by atoms with Crippen molar-refractivity contribution in [3.8, 4) is 0 Å². The number of esters is 1. The molecule has 26 heavy (non-hydrogen) atoms. The fourth-order valence-electron chi connectivity index (χ4n) is 3.24. The maximum atomic E-state index is 13.3. The summed E-state index contributed by atoms with van der Waals surface area (Å²) in [6.07, 6.45) is 5.66. The van der Waals surface area contributed by atoms with Crippen LogP contribution in [0.4, 0.5) is 0 Å². The first-order valence-electron chi connectivity index (χ1n) is 9.26. The zero-order chi connectivity index (χ0) is 18.7. The molecule has 0 aliphatic heterocycles. The molecule has 7 heteroatoms. The van der Waals surface area contributed by atoms with E-state index in [2.05, 4.69) is 13.8 Å². The molecule has 0 saturated carbocycles. The quantitative estimate of drug-likeness (QED) is 0.403. The molecule has 0 fully saturated rings. The molecule has 2 aromatic heterocycles. The number of nitrogens with zero attached hydrogens (tertiary/aromatic N) is 2. The van der Waals surface area contributed by atoms with Gasteiger partial charge in [-0.25, -0.2) is 4.98 Å². The van der Waals surface area contributed by atoms with Crippen LogP contribution < -0.4 is 5.56 Å². The molecular formula is C19H26N2O3S2. The first kappa shape index (κ1) is 19.4.